The Balaban J connectivity index is 0.000000585. The first kappa shape index (κ1) is 27.8. The number of nitrogens with zero attached hydrogens (tertiary/aromatic N) is 3. The van der Waals surface area contributed by atoms with Crippen LogP contribution in [0.1, 0.15) is 5.69 Å². The van der Waals surface area contributed by atoms with Crippen LogP contribution in [-0.2, 0) is 14.1 Å². The number of allylic oxidation sites excluding steroid dienone is 1. The minimum absolute atomic E-state index is 0.0219. The van der Waals surface area contributed by atoms with Crippen LogP contribution in [0, 0.1) is 10.2 Å². The molecule has 0 saturated carbocycles. The van der Waals surface area contributed by atoms with E-state index in [4.69, 9.17) is 18.6 Å². The molecule has 0 radical (unpaired) electrons. The molecule has 7 rings (SSSR count). The van der Waals surface area contributed by atoms with E-state index in [1.165, 1.54) is 21.7 Å². The van der Waals surface area contributed by atoms with Gasteiger partial charge in [-0.05, 0) is 47.9 Å². The maximum Gasteiger partial charge on any atom is 0.336 e. The second-order valence-corrected chi connectivity index (χ2v) is 11.5. The van der Waals surface area contributed by atoms with Crippen LogP contribution in [0.2, 0.25) is 0 Å². The maximum atomic E-state index is 13.7. The average Bonchev–Trinajstić information content (AvgIpc) is 3.46. The normalized spacial score (nSPS) is 12.7. The van der Waals surface area contributed by atoms with E-state index in [2.05, 4.69) is 83.9 Å². The van der Waals surface area contributed by atoms with E-state index in [1.54, 1.807) is 11.3 Å². The van der Waals surface area contributed by atoms with Crippen molar-refractivity contribution in [2.75, 3.05) is 0 Å². The lowest BCUT2D eigenvalue weighted by Gasteiger charge is -2.17. The largest absolute Gasteiger partial charge is 0.344 e. The highest BCUT2D eigenvalue weighted by molar-refractivity contribution is 7.18. The average molecular weight is 598 g/mol. The summed E-state index contributed by atoms with van der Waals surface area (Å²) in [6.07, 6.45) is 6.40. The number of aromatic nitrogens is 3. The third kappa shape index (κ3) is 4.99. The Labute approximate surface area is 246 Å². The predicted molar refractivity (Wildman–Crippen MR) is 157 cm³/mol. The van der Waals surface area contributed by atoms with Crippen molar-refractivity contribution in [2.24, 2.45) is 14.1 Å². The first-order chi connectivity index (χ1) is 20.1. The summed E-state index contributed by atoms with van der Waals surface area (Å²) in [6.45, 7) is 0. The Morgan fingerprint density at radius 2 is 1.36 bits per heavy atom. The quantitative estimate of drug-likeness (QED) is 0.288. The number of rotatable bonds is 3. The Morgan fingerprint density at radius 3 is 2.07 bits per heavy atom. The molecule has 0 fully saturated rings. The van der Waals surface area contributed by atoms with Crippen molar-refractivity contribution in [3.8, 4) is 15.4 Å². The molecular formula is C32H24ClN3O5S. The van der Waals surface area contributed by atoms with Gasteiger partial charge in [0.05, 0.1) is 11.0 Å². The van der Waals surface area contributed by atoms with E-state index in [9.17, 15) is 4.79 Å². The number of para-hydroxylation sites is 2. The Morgan fingerprint density at radius 1 is 0.738 bits per heavy atom. The van der Waals surface area contributed by atoms with Gasteiger partial charge in [0, 0.05) is 41.3 Å². The summed E-state index contributed by atoms with van der Waals surface area (Å²) in [4.78, 5) is 14.4. The van der Waals surface area contributed by atoms with Gasteiger partial charge >= 0.3 is 15.4 Å². The van der Waals surface area contributed by atoms with Crippen molar-refractivity contribution in [3.05, 3.63) is 118 Å². The predicted octanol–water partition coefficient (Wildman–Crippen LogP) is 1.88. The number of fused-ring (bicyclic) bond motifs is 3. The third-order valence-corrected chi connectivity index (χ3v) is 8.49. The number of benzene rings is 4. The van der Waals surface area contributed by atoms with Gasteiger partial charge < -0.3 is 9.13 Å². The van der Waals surface area contributed by atoms with Gasteiger partial charge in [-0.1, -0.05) is 66.7 Å². The first-order valence-electron chi connectivity index (χ1n) is 12.9. The molecule has 5 aromatic rings. The summed E-state index contributed by atoms with van der Waals surface area (Å²) in [7, 11) is -0.756. The highest BCUT2D eigenvalue weighted by Gasteiger charge is 2.33. The number of hydrogen-bond acceptors (Lipinski definition) is 5. The van der Waals surface area contributed by atoms with E-state index < -0.39 is 10.2 Å². The van der Waals surface area contributed by atoms with Crippen molar-refractivity contribution in [1.29, 1.82) is 0 Å². The molecular weight excluding hydrogens is 574 g/mol. The molecule has 2 aliphatic rings. The molecule has 10 heteroatoms. The topological polar surface area (TPSA) is 124 Å². The second-order valence-electron chi connectivity index (χ2n) is 9.70. The molecule has 0 spiro atoms. The first-order valence-corrected chi connectivity index (χ1v) is 15.0. The molecule has 3 heterocycles. The van der Waals surface area contributed by atoms with Crippen molar-refractivity contribution < 1.29 is 28.9 Å². The molecule has 210 valence electrons. The Hall–Kier alpha value is -4.35. The van der Waals surface area contributed by atoms with Crippen LogP contribution in [0.25, 0.3) is 60.3 Å². The lowest BCUT2D eigenvalue weighted by atomic mass is 10.1. The fourth-order valence-corrected chi connectivity index (χ4v) is 6.70. The fourth-order valence-electron chi connectivity index (χ4n) is 5.49. The summed E-state index contributed by atoms with van der Waals surface area (Å²) in [5.74, 6) is 0. The van der Waals surface area contributed by atoms with Gasteiger partial charge in [0.2, 0.25) is 0 Å². The number of halogens is 1. The second kappa shape index (κ2) is 10.8. The minimum atomic E-state index is -4.94. The van der Waals surface area contributed by atoms with E-state index in [-0.39, 0.29) is 5.56 Å². The maximum absolute atomic E-state index is 13.7. The standard InChI is InChI=1S/C32H24N3OS.ClHO4/c1-33-24(23-15-8-13-21-14-9-19-27(33)29(21)23)18-10-20-28-32-35(26-17-7-6-16-25(26)34(28)2)31(36)30(37-32)22-11-4-3-5-12-22;2-1(3,4)5/h3-20H,1-2H3;(H,2,3,4,5)/q+1;/p-1/b20-10+,24-18-;. The summed E-state index contributed by atoms with van der Waals surface area (Å²) >= 11 is 1.55. The SMILES string of the molecule is Cn1c(/C=C/C=c2/c3cccc4cccc(c43)n2C)c2[s+]c(-c3ccccc3)c(=O)n-2c2ccccc21.[O-][Cl+3]([O-])([O-])[O-]. The minimum Gasteiger partial charge on any atom is -0.344 e. The third-order valence-electron chi connectivity index (χ3n) is 7.29. The monoisotopic (exact) mass is 597 g/mol. The molecule has 0 unspecified atom stereocenters. The van der Waals surface area contributed by atoms with E-state index >= 15 is 0 Å². The molecule has 0 amide bonds. The van der Waals surface area contributed by atoms with Crippen molar-refractivity contribution in [2.45, 2.75) is 0 Å². The summed E-state index contributed by atoms with van der Waals surface area (Å²) in [5, 5.41) is 5.89. The molecule has 2 aliphatic heterocycles. The summed E-state index contributed by atoms with van der Waals surface area (Å²) < 4.78 is 40.3. The molecule has 0 saturated heterocycles. The highest BCUT2D eigenvalue weighted by atomic mass is 35.7. The molecule has 1 aromatic heterocycles. The zero-order chi connectivity index (χ0) is 29.6. The van der Waals surface area contributed by atoms with Crippen molar-refractivity contribution in [3.63, 3.8) is 0 Å². The van der Waals surface area contributed by atoms with E-state index in [1.807, 2.05) is 53.1 Å². The molecule has 0 atom stereocenters. The Bertz CT molecular complexity index is 2180. The lowest BCUT2D eigenvalue weighted by molar-refractivity contribution is -2.00. The lowest BCUT2D eigenvalue weighted by Crippen LogP contribution is -2.68. The molecule has 4 aromatic carbocycles. The van der Waals surface area contributed by atoms with E-state index in [0.717, 1.165) is 37.5 Å². The van der Waals surface area contributed by atoms with Crippen molar-refractivity contribution >= 4 is 56.2 Å². The number of hydrogen-bond donors (Lipinski definition) is 0. The summed E-state index contributed by atoms with van der Waals surface area (Å²) in [6, 6.07) is 31.0. The van der Waals surface area contributed by atoms with Crippen LogP contribution in [0.15, 0.2) is 102 Å². The Kier molecular flexibility index (Phi) is 7.15. The molecule has 0 bridgehead atoms. The molecule has 0 N–H and O–H groups in total. The van der Waals surface area contributed by atoms with Gasteiger partial charge in [0.15, 0.2) is 0 Å². The van der Waals surface area contributed by atoms with Crippen LogP contribution >= 0.6 is 11.3 Å². The van der Waals surface area contributed by atoms with Gasteiger partial charge in [-0.15, -0.1) is 10.2 Å². The zero-order valence-corrected chi connectivity index (χ0v) is 24.1. The van der Waals surface area contributed by atoms with Gasteiger partial charge in [0.25, 0.3) is 11.3 Å². The van der Waals surface area contributed by atoms with Gasteiger partial charge in [-0.25, -0.2) is 23.2 Å². The van der Waals surface area contributed by atoms with Crippen LogP contribution < -0.4 is 29.5 Å². The smallest absolute Gasteiger partial charge is 0.336 e. The van der Waals surface area contributed by atoms with Crippen molar-refractivity contribution in [1.82, 2.24) is 13.7 Å². The highest BCUT2D eigenvalue weighted by Crippen LogP contribution is 2.34. The van der Waals surface area contributed by atoms with Crippen LogP contribution in [-0.4, -0.2) is 13.7 Å². The number of aryl methyl sites for hydroxylation is 2. The van der Waals surface area contributed by atoms with Crippen LogP contribution in [0.3, 0.4) is 0 Å². The summed E-state index contributed by atoms with van der Waals surface area (Å²) in [5.41, 5.74) is 5.12. The zero-order valence-electron chi connectivity index (χ0n) is 22.6. The molecule has 8 nitrogen and oxygen atoms in total. The fraction of sp³-hybridized carbons (Fsp3) is 0.0625. The van der Waals surface area contributed by atoms with E-state index in [0.29, 0.717) is 0 Å². The van der Waals surface area contributed by atoms with Gasteiger partial charge in [-0.3, -0.25) is 4.79 Å². The molecule has 0 aliphatic carbocycles. The van der Waals surface area contributed by atoms with Crippen LogP contribution in [0.4, 0.5) is 0 Å². The molecule has 42 heavy (non-hydrogen) atoms. The van der Waals surface area contributed by atoms with Gasteiger partial charge in [-0.2, -0.15) is 0 Å². The number of thiazole rings is 1. The van der Waals surface area contributed by atoms with Crippen LogP contribution in [0.5, 0.6) is 0 Å². The van der Waals surface area contributed by atoms with Gasteiger partial charge in [0.1, 0.15) is 5.69 Å².